The SMILES string of the molecule is CCN1C(C)CNC(=O)C1CC(=O)OC. The highest BCUT2D eigenvalue weighted by atomic mass is 16.5. The van der Waals surface area contributed by atoms with Crippen molar-refractivity contribution in [2.45, 2.75) is 32.4 Å². The van der Waals surface area contributed by atoms with Crippen LogP contribution >= 0.6 is 0 Å². The van der Waals surface area contributed by atoms with Gasteiger partial charge in [0.05, 0.1) is 19.6 Å². The molecule has 1 fully saturated rings. The number of rotatable bonds is 3. The van der Waals surface area contributed by atoms with Crippen LogP contribution in [0.3, 0.4) is 0 Å². The van der Waals surface area contributed by atoms with Crippen molar-refractivity contribution in [3.8, 4) is 0 Å². The fourth-order valence-corrected chi connectivity index (χ4v) is 1.92. The summed E-state index contributed by atoms with van der Waals surface area (Å²) in [6.45, 7) is 5.42. The van der Waals surface area contributed by atoms with Crippen LogP contribution in [0.25, 0.3) is 0 Å². The monoisotopic (exact) mass is 214 g/mol. The molecule has 15 heavy (non-hydrogen) atoms. The van der Waals surface area contributed by atoms with Gasteiger partial charge in [-0.1, -0.05) is 6.92 Å². The normalized spacial score (nSPS) is 27.3. The molecule has 0 radical (unpaired) electrons. The van der Waals surface area contributed by atoms with Gasteiger partial charge in [-0.05, 0) is 13.5 Å². The molecule has 1 aliphatic rings. The summed E-state index contributed by atoms with van der Waals surface area (Å²) in [7, 11) is 1.34. The first-order valence-corrected chi connectivity index (χ1v) is 5.20. The van der Waals surface area contributed by atoms with Crippen LogP contribution in [0.4, 0.5) is 0 Å². The van der Waals surface area contributed by atoms with Gasteiger partial charge in [-0.25, -0.2) is 0 Å². The summed E-state index contributed by atoms with van der Waals surface area (Å²) in [6.07, 6.45) is 0.126. The highest BCUT2D eigenvalue weighted by Gasteiger charge is 2.34. The summed E-state index contributed by atoms with van der Waals surface area (Å²) in [5, 5.41) is 2.79. The zero-order valence-electron chi connectivity index (χ0n) is 9.45. The number of ether oxygens (including phenoxy) is 1. The smallest absolute Gasteiger partial charge is 0.307 e. The van der Waals surface area contributed by atoms with E-state index in [0.717, 1.165) is 6.54 Å². The first-order chi connectivity index (χ1) is 7.10. The number of carbonyl (C=O) groups excluding carboxylic acids is 2. The van der Waals surface area contributed by atoms with Crippen LogP contribution in [-0.2, 0) is 14.3 Å². The van der Waals surface area contributed by atoms with E-state index in [0.29, 0.717) is 6.54 Å². The summed E-state index contributed by atoms with van der Waals surface area (Å²) >= 11 is 0. The van der Waals surface area contributed by atoms with Gasteiger partial charge < -0.3 is 10.1 Å². The average Bonchev–Trinajstić information content (AvgIpc) is 2.23. The number of carbonyl (C=O) groups is 2. The maximum atomic E-state index is 11.6. The quantitative estimate of drug-likeness (QED) is 0.659. The minimum absolute atomic E-state index is 0.0830. The molecule has 0 aliphatic carbocycles. The second-order valence-corrected chi connectivity index (χ2v) is 3.72. The fourth-order valence-electron chi connectivity index (χ4n) is 1.92. The minimum atomic E-state index is -0.383. The van der Waals surface area contributed by atoms with Crippen LogP contribution < -0.4 is 5.32 Å². The Morgan fingerprint density at radius 3 is 2.87 bits per heavy atom. The van der Waals surface area contributed by atoms with E-state index in [1.807, 2.05) is 18.7 Å². The molecular formula is C10H18N2O3. The Hall–Kier alpha value is -1.10. The zero-order chi connectivity index (χ0) is 11.4. The highest BCUT2D eigenvalue weighted by Crippen LogP contribution is 2.13. The predicted molar refractivity (Wildman–Crippen MR) is 55.3 cm³/mol. The van der Waals surface area contributed by atoms with E-state index in [1.165, 1.54) is 7.11 Å². The Morgan fingerprint density at radius 1 is 1.67 bits per heavy atom. The molecular weight excluding hydrogens is 196 g/mol. The average molecular weight is 214 g/mol. The molecule has 2 atom stereocenters. The molecule has 1 saturated heterocycles. The Labute approximate surface area is 89.8 Å². The molecule has 0 bridgehead atoms. The van der Waals surface area contributed by atoms with E-state index in [-0.39, 0.29) is 30.4 Å². The van der Waals surface area contributed by atoms with E-state index in [1.54, 1.807) is 0 Å². The number of nitrogens with zero attached hydrogens (tertiary/aromatic N) is 1. The van der Waals surface area contributed by atoms with Crippen molar-refractivity contribution in [2.24, 2.45) is 0 Å². The summed E-state index contributed by atoms with van der Waals surface area (Å²) < 4.78 is 4.58. The largest absolute Gasteiger partial charge is 0.469 e. The van der Waals surface area contributed by atoms with Crippen molar-refractivity contribution in [1.29, 1.82) is 0 Å². The van der Waals surface area contributed by atoms with Gasteiger partial charge in [0.2, 0.25) is 5.91 Å². The molecule has 1 N–H and O–H groups in total. The number of esters is 1. The van der Waals surface area contributed by atoms with Gasteiger partial charge in [0.15, 0.2) is 0 Å². The van der Waals surface area contributed by atoms with Crippen molar-refractivity contribution < 1.29 is 14.3 Å². The summed E-state index contributed by atoms with van der Waals surface area (Å²) in [4.78, 5) is 24.8. The number of methoxy groups -OCH3 is 1. The zero-order valence-corrected chi connectivity index (χ0v) is 9.45. The van der Waals surface area contributed by atoms with Gasteiger partial charge in [0.25, 0.3) is 0 Å². The molecule has 5 heteroatoms. The summed E-state index contributed by atoms with van der Waals surface area (Å²) in [6, 6.07) is -0.117. The van der Waals surface area contributed by atoms with Gasteiger partial charge in [-0.3, -0.25) is 14.5 Å². The third-order valence-corrected chi connectivity index (χ3v) is 2.79. The van der Waals surface area contributed by atoms with Crippen LogP contribution in [0.15, 0.2) is 0 Å². The van der Waals surface area contributed by atoms with Gasteiger partial charge in [-0.2, -0.15) is 0 Å². The molecule has 2 unspecified atom stereocenters. The number of hydrogen-bond acceptors (Lipinski definition) is 4. The maximum Gasteiger partial charge on any atom is 0.307 e. The first kappa shape index (κ1) is 12.0. The van der Waals surface area contributed by atoms with E-state index in [9.17, 15) is 9.59 Å². The molecule has 1 aliphatic heterocycles. The van der Waals surface area contributed by atoms with Crippen molar-refractivity contribution in [3.63, 3.8) is 0 Å². The molecule has 1 amide bonds. The number of likely N-dealkylation sites (N-methyl/N-ethyl adjacent to an activating group) is 1. The van der Waals surface area contributed by atoms with Crippen molar-refractivity contribution >= 4 is 11.9 Å². The molecule has 1 rings (SSSR count). The van der Waals surface area contributed by atoms with Crippen LogP contribution in [0, 0.1) is 0 Å². The topological polar surface area (TPSA) is 58.6 Å². The first-order valence-electron chi connectivity index (χ1n) is 5.20. The van der Waals surface area contributed by atoms with E-state index in [4.69, 9.17) is 0 Å². The Morgan fingerprint density at radius 2 is 2.33 bits per heavy atom. The predicted octanol–water partition coefficient (Wildman–Crippen LogP) is -0.242. The van der Waals surface area contributed by atoms with Gasteiger partial charge in [0.1, 0.15) is 0 Å². The lowest BCUT2D eigenvalue weighted by molar-refractivity contribution is -0.146. The Balaban J connectivity index is 2.70. The number of piperazine rings is 1. The lowest BCUT2D eigenvalue weighted by Gasteiger charge is -2.38. The third-order valence-electron chi connectivity index (χ3n) is 2.79. The molecule has 0 spiro atoms. The summed E-state index contributed by atoms with van der Waals surface area (Å²) in [5.74, 6) is -0.428. The van der Waals surface area contributed by atoms with E-state index in [2.05, 4.69) is 10.1 Å². The van der Waals surface area contributed by atoms with Crippen molar-refractivity contribution in [1.82, 2.24) is 10.2 Å². The molecule has 86 valence electrons. The third kappa shape index (κ3) is 2.68. The highest BCUT2D eigenvalue weighted by molar-refractivity contribution is 5.87. The molecule has 1 heterocycles. The molecule has 0 aromatic heterocycles. The van der Waals surface area contributed by atoms with Gasteiger partial charge in [0, 0.05) is 12.6 Å². The number of hydrogen-bond donors (Lipinski definition) is 1. The summed E-state index contributed by atoms with van der Waals surface area (Å²) in [5.41, 5.74) is 0. The molecule has 5 nitrogen and oxygen atoms in total. The van der Waals surface area contributed by atoms with E-state index < -0.39 is 0 Å². The van der Waals surface area contributed by atoms with Crippen LogP contribution in [0.5, 0.6) is 0 Å². The second kappa shape index (κ2) is 5.11. The standard InChI is InChI=1S/C10H18N2O3/c1-4-12-7(2)6-11-10(14)8(12)5-9(13)15-3/h7-8H,4-6H2,1-3H3,(H,11,14). The Kier molecular flexibility index (Phi) is 4.08. The number of nitrogens with one attached hydrogen (secondary N) is 1. The van der Waals surface area contributed by atoms with Gasteiger partial charge in [-0.15, -0.1) is 0 Å². The van der Waals surface area contributed by atoms with Crippen molar-refractivity contribution in [3.05, 3.63) is 0 Å². The molecule has 0 saturated carbocycles. The van der Waals surface area contributed by atoms with Crippen molar-refractivity contribution in [2.75, 3.05) is 20.2 Å². The Bertz CT molecular complexity index is 255. The van der Waals surface area contributed by atoms with Gasteiger partial charge >= 0.3 is 5.97 Å². The minimum Gasteiger partial charge on any atom is -0.469 e. The molecule has 0 aromatic rings. The second-order valence-electron chi connectivity index (χ2n) is 3.72. The fraction of sp³-hybridized carbons (Fsp3) is 0.800. The maximum absolute atomic E-state index is 11.6. The van der Waals surface area contributed by atoms with Crippen LogP contribution in [-0.4, -0.2) is 49.1 Å². The molecule has 0 aromatic carbocycles. The van der Waals surface area contributed by atoms with E-state index >= 15 is 0 Å². The number of amides is 1. The lowest BCUT2D eigenvalue weighted by atomic mass is 10.1. The van der Waals surface area contributed by atoms with Crippen LogP contribution in [0.2, 0.25) is 0 Å². The lowest BCUT2D eigenvalue weighted by Crippen LogP contribution is -2.59. The van der Waals surface area contributed by atoms with Crippen LogP contribution in [0.1, 0.15) is 20.3 Å².